The quantitative estimate of drug-likeness (QED) is 0.479. The Kier molecular flexibility index (Phi) is 2.24. The van der Waals surface area contributed by atoms with Crippen LogP contribution in [0.2, 0.25) is 0 Å². The molecule has 0 radical (unpaired) electrons. The van der Waals surface area contributed by atoms with Crippen molar-refractivity contribution >= 4 is 10.9 Å². The lowest BCUT2D eigenvalue weighted by Crippen LogP contribution is -2.10. The Morgan fingerprint density at radius 1 is 1.50 bits per heavy atom. The molecular weight excluding hydrogens is 116 g/mol. The summed E-state index contributed by atoms with van der Waals surface area (Å²) in [6.45, 7) is 2.39. The monoisotopic (exact) mass is 132 g/mol. The van der Waals surface area contributed by atoms with E-state index in [1.165, 1.54) is 18.6 Å². The second-order valence-electron chi connectivity index (χ2n) is 3.01. The zero-order valence-corrected chi connectivity index (χ0v) is 6.75. The van der Waals surface area contributed by atoms with Crippen LogP contribution in [0.15, 0.2) is 0 Å². The number of hydrogen-bond donors (Lipinski definition) is 1. The lowest BCUT2D eigenvalue weighted by molar-refractivity contribution is 0.571. The van der Waals surface area contributed by atoms with Crippen molar-refractivity contribution in [3.8, 4) is 0 Å². The largest absolute Gasteiger partial charge is 0.256 e. The molecule has 1 aliphatic heterocycles. The molecule has 0 aliphatic carbocycles. The van der Waals surface area contributed by atoms with Crippen molar-refractivity contribution in [2.24, 2.45) is 5.92 Å². The Hall–Kier alpha value is 0.350. The molecule has 1 heterocycles. The van der Waals surface area contributed by atoms with Crippen LogP contribution in [0.3, 0.4) is 0 Å². The van der Waals surface area contributed by atoms with Crippen molar-refractivity contribution in [2.45, 2.75) is 19.8 Å². The minimum Gasteiger partial charge on any atom is -0.256 e. The Balaban J connectivity index is 2.23. The van der Waals surface area contributed by atoms with Gasteiger partial charge in [0.1, 0.15) is 0 Å². The van der Waals surface area contributed by atoms with E-state index in [2.05, 4.69) is 13.2 Å². The summed E-state index contributed by atoms with van der Waals surface area (Å²) >= 11 is 0. The van der Waals surface area contributed by atoms with Gasteiger partial charge in [0.15, 0.2) is 0 Å². The van der Waals surface area contributed by atoms with Crippen LogP contribution in [0.5, 0.6) is 0 Å². The molecule has 1 aliphatic rings. The fourth-order valence-corrected chi connectivity index (χ4v) is 3.58. The second-order valence-corrected chi connectivity index (χ2v) is 5.53. The summed E-state index contributed by atoms with van der Waals surface area (Å²) in [4.78, 5) is 0. The maximum Gasteiger partial charge on any atom is -0.0229 e. The Morgan fingerprint density at radius 3 is 2.62 bits per heavy atom. The van der Waals surface area contributed by atoms with Crippen LogP contribution in [0.4, 0.5) is 0 Å². The number of rotatable bonds is 0. The summed E-state index contributed by atoms with van der Waals surface area (Å²) in [6.07, 6.45) is 5.43. The standard InChI is InChI=1S/C7H16S/c1-7-4-3-5-8(2)6-7/h7-8H,3-6H2,1-2H3. The van der Waals surface area contributed by atoms with Crippen molar-refractivity contribution in [2.75, 3.05) is 17.8 Å². The lowest BCUT2D eigenvalue weighted by Gasteiger charge is -2.26. The van der Waals surface area contributed by atoms with Gasteiger partial charge >= 0.3 is 0 Å². The highest BCUT2D eigenvalue weighted by molar-refractivity contribution is 8.16. The normalized spacial score (nSPS) is 44.2. The van der Waals surface area contributed by atoms with Crippen molar-refractivity contribution in [3.63, 3.8) is 0 Å². The van der Waals surface area contributed by atoms with Gasteiger partial charge in [-0.3, -0.25) is 10.9 Å². The first-order valence-corrected chi connectivity index (χ1v) is 5.63. The first kappa shape index (κ1) is 6.47. The van der Waals surface area contributed by atoms with Crippen molar-refractivity contribution in [1.29, 1.82) is 0 Å². The van der Waals surface area contributed by atoms with E-state index in [9.17, 15) is 0 Å². The molecule has 2 atom stereocenters. The molecule has 0 spiro atoms. The van der Waals surface area contributed by atoms with Gasteiger partial charge in [-0.25, -0.2) is 0 Å². The number of thiol groups is 1. The summed E-state index contributed by atoms with van der Waals surface area (Å²) in [7, 11) is 0.469. The van der Waals surface area contributed by atoms with E-state index in [1.807, 2.05) is 0 Å². The predicted octanol–water partition coefficient (Wildman–Crippen LogP) is 2.05. The second kappa shape index (κ2) is 2.77. The maximum absolute atomic E-state index is 2.44. The third kappa shape index (κ3) is 1.70. The van der Waals surface area contributed by atoms with Gasteiger partial charge in [-0.15, -0.1) is 0 Å². The van der Waals surface area contributed by atoms with E-state index >= 15 is 0 Å². The first-order valence-electron chi connectivity index (χ1n) is 3.47. The van der Waals surface area contributed by atoms with E-state index in [1.54, 1.807) is 5.75 Å². The zero-order valence-electron chi connectivity index (χ0n) is 5.85. The minimum atomic E-state index is 0.469. The van der Waals surface area contributed by atoms with E-state index in [4.69, 9.17) is 0 Å². The molecule has 1 heteroatoms. The third-order valence-electron chi connectivity index (χ3n) is 1.86. The fourth-order valence-electron chi connectivity index (χ4n) is 1.42. The molecule has 0 bridgehead atoms. The molecular formula is C7H16S. The molecule has 2 unspecified atom stereocenters. The van der Waals surface area contributed by atoms with Crippen LogP contribution in [-0.4, -0.2) is 17.8 Å². The summed E-state index contributed by atoms with van der Waals surface area (Å²) in [5.74, 6) is 4.12. The maximum atomic E-state index is 2.44. The fraction of sp³-hybridized carbons (Fsp3) is 1.00. The molecule has 0 nitrogen and oxygen atoms in total. The van der Waals surface area contributed by atoms with Gasteiger partial charge in [0.25, 0.3) is 0 Å². The highest BCUT2D eigenvalue weighted by Crippen LogP contribution is 2.32. The lowest BCUT2D eigenvalue weighted by atomic mass is 10.1. The van der Waals surface area contributed by atoms with Crippen molar-refractivity contribution in [1.82, 2.24) is 0 Å². The van der Waals surface area contributed by atoms with Crippen molar-refractivity contribution < 1.29 is 0 Å². The molecule has 50 valence electrons. The molecule has 0 N–H and O–H groups in total. The molecule has 0 aromatic heterocycles. The van der Waals surface area contributed by atoms with Gasteiger partial charge in [-0.05, 0) is 36.5 Å². The van der Waals surface area contributed by atoms with Crippen LogP contribution in [-0.2, 0) is 0 Å². The van der Waals surface area contributed by atoms with Gasteiger partial charge < -0.3 is 0 Å². The highest BCUT2D eigenvalue weighted by Gasteiger charge is 2.10. The molecule has 1 fully saturated rings. The molecule has 1 saturated heterocycles. The van der Waals surface area contributed by atoms with Crippen LogP contribution < -0.4 is 0 Å². The zero-order chi connectivity index (χ0) is 5.98. The van der Waals surface area contributed by atoms with Gasteiger partial charge in [0.2, 0.25) is 0 Å². The SMILES string of the molecule is CC1CCC[SH](C)C1. The summed E-state index contributed by atoms with van der Waals surface area (Å²) in [5.41, 5.74) is 0. The topological polar surface area (TPSA) is 0 Å². The third-order valence-corrected chi connectivity index (χ3v) is 4.19. The molecule has 0 saturated carbocycles. The van der Waals surface area contributed by atoms with Gasteiger partial charge in [0, 0.05) is 0 Å². The Bertz CT molecular complexity index is 62.8. The Morgan fingerprint density at radius 2 is 2.25 bits per heavy atom. The first-order chi connectivity index (χ1) is 3.79. The van der Waals surface area contributed by atoms with E-state index in [0.717, 1.165) is 5.92 Å². The molecule has 0 amide bonds. The highest BCUT2D eigenvalue weighted by atomic mass is 32.2. The smallest absolute Gasteiger partial charge is 0.0229 e. The number of hydrogen-bond acceptors (Lipinski definition) is 0. The van der Waals surface area contributed by atoms with Crippen LogP contribution in [0, 0.1) is 5.92 Å². The summed E-state index contributed by atoms with van der Waals surface area (Å²) in [5, 5.41) is 0. The van der Waals surface area contributed by atoms with Crippen molar-refractivity contribution in [3.05, 3.63) is 0 Å². The average Bonchev–Trinajstić information content (AvgIpc) is 1.64. The van der Waals surface area contributed by atoms with Gasteiger partial charge in [-0.1, -0.05) is 6.92 Å². The summed E-state index contributed by atoms with van der Waals surface area (Å²) in [6, 6.07) is 0. The van der Waals surface area contributed by atoms with Gasteiger partial charge in [0.05, 0.1) is 0 Å². The van der Waals surface area contributed by atoms with Gasteiger partial charge in [-0.2, -0.15) is 0 Å². The Labute approximate surface area is 55.0 Å². The predicted molar refractivity (Wildman–Crippen MR) is 43.0 cm³/mol. The van der Waals surface area contributed by atoms with E-state index in [-0.39, 0.29) is 0 Å². The molecule has 1 rings (SSSR count). The van der Waals surface area contributed by atoms with Crippen LogP contribution in [0.1, 0.15) is 19.8 Å². The van der Waals surface area contributed by atoms with E-state index < -0.39 is 0 Å². The summed E-state index contributed by atoms with van der Waals surface area (Å²) < 4.78 is 0. The molecule has 0 aromatic rings. The molecule has 8 heavy (non-hydrogen) atoms. The van der Waals surface area contributed by atoms with Crippen LogP contribution in [0.25, 0.3) is 0 Å². The minimum absolute atomic E-state index is 0.469. The average molecular weight is 132 g/mol. The molecule has 0 aromatic carbocycles. The van der Waals surface area contributed by atoms with E-state index in [0.29, 0.717) is 10.9 Å². The van der Waals surface area contributed by atoms with Crippen LogP contribution >= 0.6 is 10.9 Å².